The third-order valence-corrected chi connectivity index (χ3v) is 6.86. The van der Waals surface area contributed by atoms with Gasteiger partial charge in [0.25, 0.3) is 0 Å². The van der Waals surface area contributed by atoms with Crippen molar-refractivity contribution in [1.82, 2.24) is 15.5 Å². The molecule has 38 heavy (non-hydrogen) atoms. The van der Waals surface area contributed by atoms with E-state index in [0.717, 1.165) is 51.4 Å². The van der Waals surface area contributed by atoms with Gasteiger partial charge >= 0.3 is 6.09 Å². The smallest absolute Gasteiger partial charge is 0.408 e. The molecule has 2 rings (SSSR count). The first-order valence-corrected chi connectivity index (χ1v) is 14.3. The van der Waals surface area contributed by atoms with Crippen LogP contribution in [-0.2, 0) is 14.3 Å². The summed E-state index contributed by atoms with van der Waals surface area (Å²) < 4.78 is 5.44. The number of rotatable bonds is 12. The van der Waals surface area contributed by atoms with Gasteiger partial charge in [0.05, 0.1) is 0 Å². The number of hydrogen-bond acceptors (Lipinski definition) is 5. The Morgan fingerprint density at radius 2 is 1.66 bits per heavy atom. The number of aromatic hydroxyl groups is 1. The summed E-state index contributed by atoms with van der Waals surface area (Å²) in [6.07, 6.45) is 8.25. The quantitative estimate of drug-likeness (QED) is 0.294. The predicted octanol–water partition coefficient (Wildman–Crippen LogP) is 5.84. The summed E-state index contributed by atoms with van der Waals surface area (Å²) in [5, 5.41) is 15.9. The molecule has 0 bridgehead atoms. The Kier molecular flexibility index (Phi) is 12.4. The molecule has 214 valence electrons. The van der Waals surface area contributed by atoms with E-state index in [2.05, 4.69) is 17.6 Å². The molecule has 1 aromatic carbocycles. The molecule has 0 spiro atoms. The second-order valence-electron chi connectivity index (χ2n) is 11.8. The zero-order valence-electron chi connectivity index (χ0n) is 24.2. The van der Waals surface area contributed by atoms with Crippen molar-refractivity contribution < 1.29 is 24.2 Å². The van der Waals surface area contributed by atoms with Crippen molar-refractivity contribution in [1.29, 1.82) is 0 Å². The van der Waals surface area contributed by atoms with Crippen molar-refractivity contribution in [3.63, 3.8) is 0 Å². The third kappa shape index (κ3) is 10.2. The third-order valence-electron chi connectivity index (χ3n) is 6.86. The monoisotopic (exact) mass is 531 g/mol. The number of hydrogen-bond donors (Lipinski definition) is 3. The maximum Gasteiger partial charge on any atom is 0.408 e. The van der Waals surface area contributed by atoms with Crippen LogP contribution in [0.4, 0.5) is 4.79 Å². The van der Waals surface area contributed by atoms with Crippen LogP contribution in [0.2, 0.25) is 0 Å². The van der Waals surface area contributed by atoms with E-state index in [1.165, 1.54) is 18.6 Å². The molecule has 1 aliphatic rings. The molecule has 8 heteroatoms. The van der Waals surface area contributed by atoms with Crippen LogP contribution < -0.4 is 10.6 Å². The van der Waals surface area contributed by atoms with Gasteiger partial charge in [-0.05, 0) is 63.6 Å². The van der Waals surface area contributed by atoms with Crippen LogP contribution in [0.5, 0.6) is 5.75 Å². The minimum Gasteiger partial charge on any atom is -0.508 e. The number of amides is 3. The molecule has 0 radical (unpaired) electrons. The molecule has 0 aromatic heterocycles. The van der Waals surface area contributed by atoms with Crippen LogP contribution in [0.25, 0.3) is 0 Å². The fourth-order valence-corrected chi connectivity index (χ4v) is 4.86. The number of alkyl carbamates (subject to hydrolysis) is 1. The molecule has 2 unspecified atom stereocenters. The summed E-state index contributed by atoms with van der Waals surface area (Å²) in [5.41, 5.74) is -0.0807. The highest BCUT2D eigenvalue weighted by Crippen LogP contribution is 2.27. The van der Waals surface area contributed by atoms with Crippen LogP contribution in [0, 0.1) is 5.92 Å². The van der Waals surface area contributed by atoms with Crippen molar-refractivity contribution in [2.45, 2.75) is 123 Å². The fraction of sp³-hybridized carbons (Fsp3) is 0.700. The number of phenolic OH excluding ortho intramolecular Hbond substituents is 1. The van der Waals surface area contributed by atoms with Gasteiger partial charge in [-0.3, -0.25) is 9.59 Å². The van der Waals surface area contributed by atoms with Gasteiger partial charge < -0.3 is 25.4 Å². The molecule has 1 aliphatic carbocycles. The minimum absolute atomic E-state index is 0.0775. The van der Waals surface area contributed by atoms with Gasteiger partial charge in [0.2, 0.25) is 11.8 Å². The van der Waals surface area contributed by atoms with Gasteiger partial charge in [0.15, 0.2) is 0 Å². The lowest BCUT2D eigenvalue weighted by atomic mass is 9.94. The molecular weight excluding hydrogens is 482 g/mol. The molecule has 3 N–H and O–H groups in total. The second-order valence-corrected chi connectivity index (χ2v) is 11.8. The Hall–Kier alpha value is -2.77. The molecule has 0 aliphatic heterocycles. The van der Waals surface area contributed by atoms with Crippen LogP contribution in [0.3, 0.4) is 0 Å². The summed E-state index contributed by atoms with van der Waals surface area (Å²) in [4.78, 5) is 42.3. The predicted molar refractivity (Wildman–Crippen MR) is 150 cm³/mol. The number of phenols is 1. The van der Waals surface area contributed by atoms with Gasteiger partial charge in [-0.2, -0.15) is 0 Å². The highest BCUT2D eigenvalue weighted by Gasteiger charge is 2.38. The zero-order valence-corrected chi connectivity index (χ0v) is 24.2. The Morgan fingerprint density at radius 1 is 1.03 bits per heavy atom. The lowest BCUT2D eigenvalue weighted by molar-refractivity contribution is -0.143. The minimum atomic E-state index is -0.881. The van der Waals surface area contributed by atoms with Crippen molar-refractivity contribution >= 4 is 17.9 Å². The zero-order chi connectivity index (χ0) is 28.3. The standard InChI is InChI=1S/C30H49N3O5/c1-7-8-9-13-20-33(28(36)25(21(2)3)32-29(37)38-30(4,5)6)26(22-16-18-24(34)19-17-22)27(35)31-23-14-11-10-12-15-23/h16-19,21,23,25-26,34H,7-15,20H2,1-6H3,(H,31,35)(H,32,37). The summed E-state index contributed by atoms with van der Waals surface area (Å²) in [7, 11) is 0. The van der Waals surface area contributed by atoms with E-state index in [9.17, 15) is 19.5 Å². The highest BCUT2D eigenvalue weighted by atomic mass is 16.6. The molecule has 1 fully saturated rings. The topological polar surface area (TPSA) is 108 Å². The molecule has 1 saturated carbocycles. The maximum absolute atomic E-state index is 14.2. The summed E-state index contributed by atoms with van der Waals surface area (Å²) in [5.74, 6) is -0.687. The molecule has 3 amide bonds. The Morgan fingerprint density at radius 3 is 2.21 bits per heavy atom. The maximum atomic E-state index is 14.2. The van der Waals surface area contributed by atoms with E-state index in [4.69, 9.17) is 4.74 Å². The van der Waals surface area contributed by atoms with Crippen molar-refractivity contribution in [3.05, 3.63) is 29.8 Å². The summed E-state index contributed by atoms with van der Waals surface area (Å²) >= 11 is 0. The number of nitrogens with one attached hydrogen (secondary N) is 2. The molecule has 1 aromatic rings. The Balaban J connectivity index is 2.43. The number of carbonyl (C=O) groups is 3. The number of carbonyl (C=O) groups excluding carboxylic acids is 3. The van der Waals surface area contributed by atoms with E-state index in [-0.39, 0.29) is 29.5 Å². The molecule has 0 saturated heterocycles. The average Bonchev–Trinajstić information content (AvgIpc) is 2.84. The van der Waals surface area contributed by atoms with E-state index in [0.29, 0.717) is 12.1 Å². The molecule has 2 atom stereocenters. The van der Waals surface area contributed by atoms with Crippen LogP contribution >= 0.6 is 0 Å². The van der Waals surface area contributed by atoms with Crippen molar-refractivity contribution in [3.8, 4) is 5.75 Å². The summed E-state index contributed by atoms with van der Waals surface area (Å²) in [6, 6.07) is 4.79. The Labute approximate surface area is 228 Å². The van der Waals surface area contributed by atoms with Crippen molar-refractivity contribution in [2.75, 3.05) is 6.54 Å². The first-order chi connectivity index (χ1) is 17.9. The number of ether oxygens (including phenoxy) is 1. The average molecular weight is 532 g/mol. The van der Waals surface area contributed by atoms with Crippen LogP contribution in [-0.4, -0.2) is 52.1 Å². The first-order valence-electron chi connectivity index (χ1n) is 14.3. The highest BCUT2D eigenvalue weighted by molar-refractivity contribution is 5.92. The second kappa shape index (κ2) is 15.0. The first kappa shape index (κ1) is 31.4. The van der Waals surface area contributed by atoms with Crippen LogP contribution in [0.1, 0.15) is 111 Å². The number of nitrogens with zero attached hydrogens (tertiary/aromatic N) is 1. The van der Waals surface area contributed by atoms with Gasteiger partial charge in [-0.15, -0.1) is 0 Å². The van der Waals surface area contributed by atoms with Gasteiger partial charge in [0, 0.05) is 12.6 Å². The lowest BCUT2D eigenvalue weighted by Crippen LogP contribution is -2.55. The molecule has 8 nitrogen and oxygen atoms in total. The van der Waals surface area contributed by atoms with Gasteiger partial charge in [0.1, 0.15) is 23.4 Å². The van der Waals surface area contributed by atoms with Gasteiger partial charge in [-0.1, -0.05) is 71.4 Å². The SMILES string of the molecule is CCCCCCN(C(=O)C(NC(=O)OC(C)(C)C)C(C)C)C(C(=O)NC1CCCCC1)c1ccc(O)cc1. The van der Waals surface area contributed by atoms with E-state index < -0.39 is 23.8 Å². The molecule has 0 heterocycles. The van der Waals surface area contributed by atoms with E-state index in [1.807, 2.05) is 13.8 Å². The van der Waals surface area contributed by atoms with E-state index in [1.54, 1.807) is 37.8 Å². The normalized spacial score (nSPS) is 16.0. The lowest BCUT2D eigenvalue weighted by Gasteiger charge is -2.36. The fourth-order valence-electron chi connectivity index (χ4n) is 4.86. The van der Waals surface area contributed by atoms with Crippen LogP contribution in [0.15, 0.2) is 24.3 Å². The van der Waals surface area contributed by atoms with Crippen molar-refractivity contribution in [2.24, 2.45) is 5.92 Å². The Bertz CT molecular complexity index is 888. The van der Waals surface area contributed by atoms with E-state index >= 15 is 0 Å². The van der Waals surface area contributed by atoms with Gasteiger partial charge in [-0.25, -0.2) is 4.79 Å². The number of unbranched alkanes of at least 4 members (excludes halogenated alkanes) is 3. The largest absolute Gasteiger partial charge is 0.508 e. The molecular formula is C30H49N3O5. The number of benzene rings is 1. The summed E-state index contributed by atoms with van der Waals surface area (Å²) in [6.45, 7) is 11.6.